The van der Waals surface area contributed by atoms with Gasteiger partial charge in [-0.05, 0) is 21.3 Å². The summed E-state index contributed by atoms with van der Waals surface area (Å²) in [7, 11) is 0. The van der Waals surface area contributed by atoms with Crippen molar-refractivity contribution in [2.75, 3.05) is 0 Å². The maximum Gasteiger partial charge on any atom is 0.0618 e. The Morgan fingerprint density at radius 2 is 1.92 bits per heavy atom. The van der Waals surface area contributed by atoms with E-state index in [2.05, 4.69) is 27.0 Å². The summed E-state index contributed by atoms with van der Waals surface area (Å²) in [5.41, 5.74) is 6.53. The maximum atomic E-state index is 5.59. The third kappa shape index (κ3) is 1.45. The highest BCUT2D eigenvalue weighted by Gasteiger charge is 2.02. The molecule has 0 radical (unpaired) electrons. The molecule has 0 saturated heterocycles. The minimum Gasteiger partial charge on any atom is -0.325 e. The Balaban J connectivity index is 2.84. The van der Waals surface area contributed by atoms with Crippen molar-refractivity contribution in [1.29, 1.82) is 0 Å². The van der Waals surface area contributed by atoms with Gasteiger partial charge >= 0.3 is 0 Å². The Morgan fingerprint density at radius 1 is 1.23 bits per heavy atom. The van der Waals surface area contributed by atoms with Crippen LogP contribution in [-0.4, -0.2) is 4.98 Å². The van der Waals surface area contributed by atoms with Crippen molar-refractivity contribution in [3.05, 3.63) is 40.6 Å². The Morgan fingerprint density at radius 3 is 2.62 bits per heavy atom. The van der Waals surface area contributed by atoms with E-state index in [1.165, 1.54) is 0 Å². The highest BCUT2D eigenvalue weighted by Crippen LogP contribution is 2.24. The molecule has 0 aliphatic rings. The fourth-order valence-electron chi connectivity index (χ4n) is 1.38. The molecule has 1 aromatic carbocycles. The number of pyridine rings is 1. The number of fused-ring (bicyclic) bond motifs is 1. The molecular weight excluding hydrogens is 228 g/mol. The second kappa shape index (κ2) is 3.44. The molecular formula is C10H9BrN2. The minimum absolute atomic E-state index is 0.480. The Labute approximate surface area is 84.9 Å². The van der Waals surface area contributed by atoms with Crippen LogP contribution in [0.15, 0.2) is 34.9 Å². The average molecular weight is 237 g/mol. The van der Waals surface area contributed by atoms with Gasteiger partial charge in [0.15, 0.2) is 0 Å². The second-order valence-corrected chi connectivity index (χ2v) is 3.66. The van der Waals surface area contributed by atoms with Crippen molar-refractivity contribution < 1.29 is 0 Å². The minimum atomic E-state index is 0.480. The van der Waals surface area contributed by atoms with E-state index in [0.717, 1.165) is 20.9 Å². The molecule has 0 aliphatic carbocycles. The van der Waals surface area contributed by atoms with Crippen molar-refractivity contribution in [3.63, 3.8) is 0 Å². The van der Waals surface area contributed by atoms with Gasteiger partial charge in [-0.1, -0.05) is 24.3 Å². The molecule has 0 bridgehead atoms. The molecule has 0 unspecified atom stereocenters. The molecule has 1 aromatic heterocycles. The molecule has 0 aliphatic heterocycles. The summed E-state index contributed by atoms with van der Waals surface area (Å²) in [6.07, 6.45) is 1.80. The molecule has 0 spiro atoms. The summed E-state index contributed by atoms with van der Waals surface area (Å²) >= 11 is 3.46. The number of halogens is 1. The van der Waals surface area contributed by atoms with Gasteiger partial charge in [0.05, 0.1) is 5.69 Å². The molecule has 0 saturated carbocycles. The van der Waals surface area contributed by atoms with E-state index in [4.69, 9.17) is 5.73 Å². The molecule has 0 amide bonds. The zero-order valence-electron chi connectivity index (χ0n) is 7.00. The number of rotatable bonds is 1. The van der Waals surface area contributed by atoms with E-state index >= 15 is 0 Å². The fourth-order valence-corrected chi connectivity index (χ4v) is 1.83. The molecule has 2 nitrogen and oxygen atoms in total. The smallest absolute Gasteiger partial charge is 0.0618 e. The standard InChI is InChI=1S/C10H9BrN2/c11-9-6-13-10(5-12)8-4-2-1-3-7(8)9/h1-4,6H,5,12H2. The molecule has 2 N–H and O–H groups in total. The van der Waals surface area contributed by atoms with Crippen LogP contribution in [-0.2, 0) is 6.54 Å². The molecule has 0 atom stereocenters. The van der Waals surface area contributed by atoms with Crippen LogP contribution in [0.2, 0.25) is 0 Å². The summed E-state index contributed by atoms with van der Waals surface area (Å²) in [6, 6.07) is 8.10. The van der Waals surface area contributed by atoms with Crippen molar-refractivity contribution in [2.45, 2.75) is 6.54 Å². The first-order chi connectivity index (χ1) is 6.33. The fraction of sp³-hybridized carbons (Fsp3) is 0.100. The number of hydrogen-bond donors (Lipinski definition) is 1. The van der Waals surface area contributed by atoms with Crippen molar-refractivity contribution in [1.82, 2.24) is 4.98 Å². The van der Waals surface area contributed by atoms with Crippen molar-refractivity contribution >= 4 is 26.7 Å². The number of nitrogens with two attached hydrogens (primary N) is 1. The molecule has 13 heavy (non-hydrogen) atoms. The van der Waals surface area contributed by atoms with E-state index < -0.39 is 0 Å². The van der Waals surface area contributed by atoms with Gasteiger partial charge in [-0.15, -0.1) is 0 Å². The summed E-state index contributed by atoms with van der Waals surface area (Å²) in [4.78, 5) is 4.25. The number of aromatic nitrogens is 1. The first-order valence-electron chi connectivity index (χ1n) is 4.05. The first kappa shape index (κ1) is 8.66. The third-order valence-corrected chi connectivity index (χ3v) is 2.65. The third-order valence-electron chi connectivity index (χ3n) is 2.02. The summed E-state index contributed by atoms with van der Waals surface area (Å²) in [5, 5.41) is 2.29. The first-order valence-corrected chi connectivity index (χ1v) is 4.84. The van der Waals surface area contributed by atoms with E-state index in [1.54, 1.807) is 6.20 Å². The Kier molecular flexibility index (Phi) is 2.29. The number of nitrogens with zero attached hydrogens (tertiary/aromatic N) is 1. The van der Waals surface area contributed by atoms with Gasteiger partial charge in [-0.25, -0.2) is 0 Å². The van der Waals surface area contributed by atoms with Crippen LogP contribution in [0.5, 0.6) is 0 Å². The monoisotopic (exact) mass is 236 g/mol. The highest BCUT2D eigenvalue weighted by atomic mass is 79.9. The van der Waals surface area contributed by atoms with Crippen LogP contribution in [0, 0.1) is 0 Å². The van der Waals surface area contributed by atoms with Gasteiger partial charge in [0.2, 0.25) is 0 Å². The molecule has 3 heteroatoms. The van der Waals surface area contributed by atoms with Gasteiger partial charge < -0.3 is 5.73 Å². The zero-order valence-corrected chi connectivity index (χ0v) is 8.58. The van der Waals surface area contributed by atoms with E-state index in [1.807, 2.05) is 18.2 Å². The van der Waals surface area contributed by atoms with Gasteiger partial charge in [0.1, 0.15) is 0 Å². The van der Waals surface area contributed by atoms with Crippen LogP contribution in [0.3, 0.4) is 0 Å². The molecule has 66 valence electrons. The lowest BCUT2D eigenvalue weighted by Gasteiger charge is -2.04. The average Bonchev–Trinajstić information content (AvgIpc) is 2.19. The van der Waals surface area contributed by atoms with Crippen LogP contribution < -0.4 is 5.73 Å². The van der Waals surface area contributed by atoms with Gasteiger partial charge in [0, 0.05) is 22.6 Å². The molecule has 2 rings (SSSR count). The highest BCUT2D eigenvalue weighted by molar-refractivity contribution is 9.10. The van der Waals surface area contributed by atoms with Gasteiger partial charge in [-0.2, -0.15) is 0 Å². The lowest BCUT2D eigenvalue weighted by atomic mass is 10.1. The van der Waals surface area contributed by atoms with Crippen LogP contribution in [0.4, 0.5) is 0 Å². The van der Waals surface area contributed by atoms with E-state index in [0.29, 0.717) is 6.54 Å². The summed E-state index contributed by atoms with van der Waals surface area (Å²) < 4.78 is 1.01. The Hall–Kier alpha value is -0.930. The molecule has 0 fully saturated rings. The zero-order chi connectivity index (χ0) is 9.26. The molecule has 1 heterocycles. The lowest BCUT2D eigenvalue weighted by molar-refractivity contribution is 1.01. The number of hydrogen-bond acceptors (Lipinski definition) is 2. The summed E-state index contributed by atoms with van der Waals surface area (Å²) in [6.45, 7) is 0.480. The van der Waals surface area contributed by atoms with E-state index in [9.17, 15) is 0 Å². The Bertz CT molecular complexity index is 440. The van der Waals surface area contributed by atoms with Crippen LogP contribution >= 0.6 is 15.9 Å². The van der Waals surface area contributed by atoms with Crippen molar-refractivity contribution in [3.8, 4) is 0 Å². The van der Waals surface area contributed by atoms with Crippen LogP contribution in [0.1, 0.15) is 5.69 Å². The van der Waals surface area contributed by atoms with Gasteiger partial charge in [-0.3, -0.25) is 4.98 Å². The predicted molar refractivity (Wildman–Crippen MR) is 57.3 cm³/mol. The predicted octanol–water partition coefficient (Wildman–Crippen LogP) is 2.46. The van der Waals surface area contributed by atoms with Crippen LogP contribution in [0.25, 0.3) is 10.8 Å². The normalized spacial score (nSPS) is 10.6. The lowest BCUT2D eigenvalue weighted by Crippen LogP contribution is -2.00. The SMILES string of the molecule is NCc1ncc(Br)c2ccccc12. The van der Waals surface area contributed by atoms with E-state index in [-0.39, 0.29) is 0 Å². The molecule has 2 aromatic rings. The largest absolute Gasteiger partial charge is 0.325 e. The summed E-state index contributed by atoms with van der Waals surface area (Å²) in [5.74, 6) is 0. The maximum absolute atomic E-state index is 5.59. The van der Waals surface area contributed by atoms with Crippen molar-refractivity contribution in [2.24, 2.45) is 5.73 Å². The van der Waals surface area contributed by atoms with Gasteiger partial charge in [0.25, 0.3) is 0 Å². The quantitative estimate of drug-likeness (QED) is 0.827. The second-order valence-electron chi connectivity index (χ2n) is 2.80. The topological polar surface area (TPSA) is 38.9 Å². The number of benzene rings is 1.